The molecule has 0 spiro atoms. The highest BCUT2D eigenvalue weighted by Crippen LogP contribution is 2.24. The van der Waals surface area contributed by atoms with Gasteiger partial charge in [0.05, 0.1) is 5.71 Å². The number of nitrogens with zero attached hydrogens (tertiary/aromatic N) is 1. The number of nitrogens with one attached hydrogen (secondary N) is 3. The lowest BCUT2D eigenvalue weighted by molar-refractivity contribution is 0.579. The Bertz CT molecular complexity index is 703. The van der Waals surface area contributed by atoms with E-state index in [9.17, 15) is 9.18 Å². The summed E-state index contributed by atoms with van der Waals surface area (Å²) in [6, 6.07) is 0. The molecule has 0 amide bonds. The van der Waals surface area contributed by atoms with Crippen LogP contribution in [0.1, 0.15) is 57.0 Å². The van der Waals surface area contributed by atoms with Crippen LogP contribution in [0.25, 0.3) is 5.57 Å². The fourth-order valence-electron chi connectivity index (χ4n) is 2.53. The molecule has 0 unspecified atom stereocenters. The number of rotatable bonds is 6. The van der Waals surface area contributed by atoms with E-state index in [2.05, 4.69) is 15.3 Å². The van der Waals surface area contributed by atoms with Crippen LogP contribution in [0, 0.1) is 5.41 Å². The molecule has 1 aromatic rings. The smallest absolute Gasteiger partial charge is 0.275 e. The summed E-state index contributed by atoms with van der Waals surface area (Å²) >= 11 is 0. The monoisotopic (exact) mass is 318 g/mol. The largest absolute Gasteiger partial charge is 0.382 e. The molecule has 5 nitrogen and oxygen atoms in total. The Hall–Kier alpha value is -2.24. The lowest BCUT2D eigenvalue weighted by atomic mass is 10.1. The van der Waals surface area contributed by atoms with E-state index in [4.69, 9.17) is 5.41 Å². The lowest BCUT2D eigenvalue weighted by Gasteiger charge is -2.11. The highest BCUT2D eigenvalue weighted by Gasteiger charge is 2.16. The van der Waals surface area contributed by atoms with Gasteiger partial charge in [-0.15, -0.1) is 0 Å². The van der Waals surface area contributed by atoms with Crippen LogP contribution in [-0.4, -0.2) is 22.7 Å². The van der Waals surface area contributed by atoms with E-state index in [0.29, 0.717) is 35.6 Å². The van der Waals surface area contributed by atoms with Crippen molar-refractivity contribution in [1.82, 2.24) is 9.97 Å². The third-order valence-corrected chi connectivity index (χ3v) is 3.81. The molecule has 0 saturated carbocycles. The zero-order valence-corrected chi connectivity index (χ0v) is 13.6. The highest BCUT2D eigenvalue weighted by molar-refractivity contribution is 6.01. The Kier molecular flexibility index (Phi) is 5.84. The Morgan fingerprint density at radius 1 is 1.52 bits per heavy atom. The molecule has 0 fully saturated rings. The molecule has 6 heteroatoms. The van der Waals surface area contributed by atoms with E-state index in [0.717, 1.165) is 25.7 Å². The number of aromatic nitrogens is 2. The minimum Gasteiger partial charge on any atom is -0.382 e. The van der Waals surface area contributed by atoms with Crippen LogP contribution in [0.3, 0.4) is 0 Å². The van der Waals surface area contributed by atoms with Gasteiger partial charge in [0.15, 0.2) is 0 Å². The van der Waals surface area contributed by atoms with Crippen LogP contribution in [-0.2, 0) is 0 Å². The molecule has 124 valence electrons. The average molecular weight is 318 g/mol. The minimum atomic E-state index is -0.340. The summed E-state index contributed by atoms with van der Waals surface area (Å²) in [7, 11) is 1.63. The van der Waals surface area contributed by atoms with Crippen molar-refractivity contribution >= 4 is 17.0 Å². The number of halogens is 1. The van der Waals surface area contributed by atoms with Gasteiger partial charge in [-0.2, -0.15) is 0 Å². The first-order valence-electron chi connectivity index (χ1n) is 8.03. The Morgan fingerprint density at radius 2 is 2.30 bits per heavy atom. The van der Waals surface area contributed by atoms with Crippen LogP contribution in [0.5, 0.6) is 0 Å². The van der Waals surface area contributed by atoms with E-state index in [-0.39, 0.29) is 17.1 Å². The van der Waals surface area contributed by atoms with Crippen LogP contribution >= 0.6 is 0 Å². The molecule has 1 aliphatic rings. The molecule has 0 aromatic carbocycles. The van der Waals surface area contributed by atoms with Crippen molar-refractivity contribution in [2.24, 2.45) is 0 Å². The minimum absolute atomic E-state index is 0.211. The summed E-state index contributed by atoms with van der Waals surface area (Å²) in [6.45, 7) is 2.05. The van der Waals surface area contributed by atoms with Crippen molar-refractivity contribution in [3.8, 4) is 0 Å². The predicted octanol–water partition coefficient (Wildman–Crippen LogP) is 3.79. The van der Waals surface area contributed by atoms with E-state index in [1.807, 2.05) is 13.0 Å². The fourth-order valence-corrected chi connectivity index (χ4v) is 2.53. The third-order valence-electron chi connectivity index (χ3n) is 3.81. The van der Waals surface area contributed by atoms with Crippen molar-refractivity contribution in [3.63, 3.8) is 0 Å². The van der Waals surface area contributed by atoms with Crippen molar-refractivity contribution in [2.75, 3.05) is 12.4 Å². The van der Waals surface area contributed by atoms with Gasteiger partial charge in [0.2, 0.25) is 0 Å². The fraction of sp³-hybridized carbons (Fsp3) is 0.471. The number of H-pyrrole nitrogens is 1. The van der Waals surface area contributed by atoms with Crippen molar-refractivity contribution < 1.29 is 4.39 Å². The number of anilines is 1. The van der Waals surface area contributed by atoms with Gasteiger partial charge < -0.3 is 15.7 Å². The van der Waals surface area contributed by atoms with Gasteiger partial charge in [-0.25, -0.2) is 9.37 Å². The van der Waals surface area contributed by atoms with Gasteiger partial charge in [0.1, 0.15) is 23.0 Å². The number of allylic oxidation sites excluding steroid dienone is 4. The quantitative estimate of drug-likeness (QED) is 0.698. The van der Waals surface area contributed by atoms with E-state index in [1.54, 1.807) is 7.05 Å². The van der Waals surface area contributed by atoms with Crippen LogP contribution in [0.4, 0.5) is 10.1 Å². The van der Waals surface area contributed by atoms with Crippen molar-refractivity contribution in [1.29, 1.82) is 5.41 Å². The van der Waals surface area contributed by atoms with Gasteiger partial charge in [-0.05, 0) is 38.2 Å². The predicted molar refractivity (Wildman–Crippen MR) is 91.8 cm³/mol. The number of hydrogen-bond donors (Lipinski definition) is 3. The molecule has 0 bridgehead atoms. The summed E-state index contributed by atoms with van der Waals surface area (Å²) < 4.78 is 13.7. The molecule has 0 atom stereocenters. The molecule has 0 radical (unpaired) electrons. The summed E-state index contributed by atoms with van der Waals surface area (Å²) in [5.74, 6) is 0.110. The maximum atomic E-state index is 13.7. The van der Waals surface area contributed by atoms with Crippen molar-refractivity contribution in [3.05, 3.63) is 39.9 Å². The SMILES string of the molecule is CCCCC(=N)c1nc(C2=CCCCC(F)=C2)[nH]c(=O)c1NC. The molecule has 1 aliphatic carbocycles. The molecule has 23 heavy (non-hydrogen) atoms. The summed E-state index contributed by atoms with van der Waals surface area (Å²) in [5.41, 5.74) is 1.19. The van der Waals surface area contributed by atoms with Gasteiger partial charge in [-0.3, -0.25) is 4.79 Å². The molecule has 2 rings (SSSR count). The molecular weight excluding hydrogens is 295 g/mol. The van der Waals surface area contributed by atoms with E-state index >= 15 is 0 Å². The number of hydrogen-bond acceptors (Lipinski definition) is 4. The second-order valence-corrected chi connectivity index (χ2v) is 5.61. The molecule has 3 N–H and O–H groups in total. The molecular formula is C17H23FN4O. The first-order valence-corrected chi connectivity index (χ1v) is 8.03. The first-order chi connectivity index (χ1) is 11.1. The summed E-state index contributed by atoms with van der Waals surface area (Å²) in [6.07, 6.45) is 7.56. The van der Waals surface area contributed by atoms with Gasteiger partial charge >= 0.3 is 0 Å². The molecule has 0 saturated heterocycles. The molecule has 1 heterocycles. The molecule has 0 aliphatic heterocycles. The van der Waals surface area contributed by atoms with Gasteiger partial charge in [0, 0.05) is 12.6 Å². The third kappa shape index (κ3) is 4.15. The van der Waals surface area contributed by atoms with Gasteiger partial charge in [-0.1, -0.05) is 19.4 Å². The summed E-state index contributed by atoms with van der Waals surface area (Å²) in [5, 5.41) is 11.0. The molecule has 1 aromatic heterocycles. The van der Waals surface area contributed by atoms with E-state index in [1.165, 1.54) is 6.08 Å². The Labute approximate surface area is 135 Å². The second-order valence-electron chi connectivity index (χ2n) is 5.61. The Balaban J connectivity index is 2.48. The normalized spacial score (nSPS) is 14.7. The maximum absolute atomic E-state index is 13.7. The average Bonchev–Trinajstić information content (AvgIpc) is 2.76. The topological polar surface area (TPSA) is 81.6 Å². The number of aromatic amines is 1. The van der Waals surface area contributed by atoms with Gasteiger partial charge in [0.25, 0.3) is 5.56 Å². The zero-order valence-electron chi connectivity index (χ0n) is 13.6. The maximum Gasteiger partial charge on any atom is 0.275 e. The zero-order chi connectivity index (χ0) is 16.8. The lowest BCUT2D eigenvalue weighted by Crippen LogP contribution is -2.21. The van der Waals surface area contributed by atoms with E-state index < -0.39 is 0 Å². The standard InChI is InChI=1S/C17H23FN4O/c1-3-4-9-13(19)14-15(20-2)17(23)22-16(21-14)11-7-5-6-8-12(18)10-11/h7,10,19-20H,3-6,8-9H2,1-2H3,(H,21,22,23). The van der Waals surface area contributed by atoms with Crippen LogP contribution in [0.15, 0.2) is 22.8 Å². The van der Waals surface area contributed by atoms with Crippen LogP contribution in [0.2, 0.25) is 0 Å². The second kappa shape index (κ2) is 7.85. The van der Waals surface area contributed by atoms with Crippen molar-refractivity contribution in [2.45, 2.75) is 45.4 Å². The highest BCUT2D eigenvalue weighted by atomic mass is 19.1. The number of unbranched alkanes of at least 4 members (excludes halogenated alkanes) is 1. The Morgan fingerprint density at radius 3 is 3.00 bits per heavy atom. The van der Waals surface area contributed by atoms with Crippen LogP contribution < -0.4 is 10.9 Å². The first kappa shape index (κ1) is 17.1. The summed E-state index contributed by atoms with van der Waals surface area (Å²) in [4.78, 5) is 19.4.